The molecule has 2 aliphatic rings. The van der Waals surface area contributed by atoms with Crippen LogP contribution in [0, 0.1) is 0 Å². The normalized spacial score (nSPS) is 13.9. The lowest BCUT2D eigenvalue weighted by atomic mass is 9.67. The lowest BCUT2D eigenvalue weighted by Gasteiger charge is -2.35. The fourth-order valence-corrected chi connectivity index (χ4v) is 10.3. The second kappa shape index (κ2) is 13.7. The number of hydrogen-bond donors (Lipinski definition) is 0. The Hall–Kier alpha value is -7.22. The van der Waals surface area contributed by atoms with Gasteiger partial charge in [0.2, 0.25) is 0 Å². The number of nitrogens with zero attached hydrogens (tertiary/aromatic N) is 1. The smallest absolute Gasteiger partial charge is 0.0714 e. The fraction of sp³-hybridized carbons (Fsp3) is 0.0690. The van der Waals surface area contributed by atoms with Gasteiger partial charge in [0.1, 0.15) is 0 Å². The first-order valence-electron chi connectivity index (χ1n) is 20.7. The molecular weight excluding hydrogens is 711 g/mol. The van der Waals surface area contributed by atoms with E-state index in [1.807, 2.05) is 0 Å². The van der Waals surface area contributed by atoms with Crippen LogP contribution in [0.25, 0.3) is 44.5 Å². The maximum absolute atomic E-state index is 2.44. The Kier molecular flexibility index (Phi) is 8.13. The summed E-state index contributed by atoms with van der Waals surface area (Å²) >= 11 is 0. The molecule has 9 aromatic rings. The average molecular weight is 754 g/mol. The van der Waals surface area contributed by atoms with Gasteiger partial charge in [0, 0.05) is 22.5 Å². The Morgan fingerprint density at radius 2 is 0.814 bits per heavy atom. The summed E-state index contributed by atoms with van der Waals surface area (Å²) in [5.41, 5.74) is 20.9. The monoisotopic (exact) mass is 753 g/mol. The van der Waals surface area contributed by atoms with E-state index < -0.39 is 5.41 Å². The minimum Gasteiger partial charge on any atom is -0.310 e. The quantitative estimate of drug-likeness (QED) is 0.157. The summed E-state index contributed by atoms with van der Waals surface area (Å²) < 4.78 is 0. The first-order valence-corrected chi connectivity index (χ1v) is 20.7. The Labute approximate surface area is 347 Å². The minimum atomic E-state index is -0.474. The molecule has 59 heavy (non-hydrogen) atoms. The highest BCUT2D eigenvalue weighted by Gasteiger charge is 2.46. The van der Waals surface area contributed by atoms with Crippen molar-refractivity contribution in [1.29, 1.82) is 0 Å². The lowest BCUT2D eigenvalue weighted by Crippen LogP contribution is -2.28. The molecule has 1 heteroatoms. The summed E-state index contributed by atoms with van der Waals surface area (Å²) in [6.07, 6.45) is 0. The molecule has 9 aromatic carbocycles. The molecule has 0 saturated heterocycles. The van der Waals surface area contributed by atoms with Crippen molar-refractivity contribution in [1.82, 2.24) is 0 Å². The van der Waals surface area contributed by atoms with Gasteiger partial charge in [-0.25, -0.2) is 0 Å². The van der Waals surface area contributed by atoms with Gasteiger partial charge in [0.15, 0.2) is 0 Å². The molecule has 280 valence electrons. The number of para-hydroxylation sites is 1. The van der Waals surface area contributed by atoms with Crippen molar-refractivity contribution in [3.8, 4) is 44.5 Å². The summed E-state index contributed by atoms with van der Waals surface area (Å²) in [7, 11) is 0. The molecule has 0 amide bonds. The van der Waals surface area contributed by atoms with E-state index in [0.29, 0.717) is 0 Å². The van der Waals surface area contributed by atoms with E-state index in [1.165, 1.54) is 77.9 Å². The summed E-state index contributed by atoms with van der Waals surface area (Å²) in [6.45, 7) is 4.70. The molecule has 0 bridgehead atoms. The average Bonchev–Trinajstić information content (AvgIpc) is 3.73. The molecule has 0 aliphatic heterocycles. The van der Waals surface area contributed by atoms with Gasteiger partial charge in [-0.1, -0.05) is 196 Å². The third-order valence-electron chi connectivity index (χ3n) is 13.0. The molecular formula is C58H43N. The van der Waals surface area contributed by atoms with Crippen LogP contribution in [0.3, 0.4) is 0 Å². The second-order valence-corrected chi connectivity index (χ2v) is 16.5. The minimum absolute atomic E-state index is 0.0343. The van der Waals surface area contributed by atoms with Gasteiger partial charge in [-0.15, -0.1) is 0 Å². The van der Waals surface area contributed by atoms with E-state index in [2.05, 4.69) is 243 Å². The van der Waals surface area contributed by atoms with Crippen molar-refractivity contribution in [3.63, 3.8) is 0 Å². The first kappa shape index (κ1) is 35.0. The molecule has 0 saturated carbocycles. The maximum Gasteiger partial charge on any atom is 0.0714 e. The molecule has 0 spiro atoms. The van der Waals surface area contributed by atoms with Crippen molar-refractivity contribution in [2.24, 2.45) is 0 Å². The van der Waals surface area contributed by atoms with Crippen molar-refractivity contribution >= 4 is 17.1 Å². The third-order valence-corrected chi connectivity index (χ3v) is 13.0. The number of anilines is 3. The van der Waals surface area contributed by atoms with Crippen molar-refractivity contribution in [2.75, 3.05) is 4.90 Å². The molecule has 0 fully saturated rings. The highest BCUT2D eigenvalue weighted by molar-refractivity contribution is 5.94. The topological polar surface area (TPSA) is 3.24 Å². The lowest BCUT2D eigenvalue weighted by molar-refractivity contribution is 0.660. The Balaban J connectivity index is 1.02. The summed E-state index contributed by atoms with van der Waals surface area (Å²) in [5.74, 6) is 0. The van der Waals surface area contributed by atoms with E-state index in [1.54, 1.807) is 0 Å². The predicted molar refractivity (Wildman–Crippen MR) is 247 cm³/mol. The zero-order chi connectivity index (χ0) is 39.6. The van der Waals surface area contributed by atoms with Crippen molar-refractivity contribution in [3.05, 3.63) is 258 Å². The van der Waals surface area contributed by atoms with Gasteiger partial charge in [0.25, 0.3) is 0 Å². The van der Waals surface area contributed by atoms with Crippen LogP contribution in [-0.2, 0) is 10.8 Å². The van der Waals surface area contributed by atoms with Crippen LogP contribution in [-0.4, -0.2) is 0 Å². The zero-order valence-electron chi connectivity index (χ0n) is 33.3. The third kappa shape index (κ3) is 5.39. The van der Waals surface area contributed by atoms with Crippen LogP contribution in [0.2, 0.25) is 0 Å². The van der Waals surface area contributed by atoms with Gasteiger partial charge in [-0.3, -0.25) is 0 Å². The molecule has 0 atom stereocenters. The van der Waals surface area contributed by atoms with Crippen LogP contribution in [0.5, 0.6) is 0 Å². The van der Waals surface area contributed by atoms with Gasteiger partial charge in [-0.2, -0.15) is 0 Å². The van der Waals surface area contributed by atoms with Crippen LogP contribution >= 0.6 is 0 Å². The zero-order valence-corrected chi connectivity index (χ0v) is 33.3. The standard InChI is InChI=1S/C58H43N/c1-57(2)52-29-14-13-27-51(52)56-48(28-17-31-54(56)57)42-19-16-18-41(38-42)40-32-34-46(35-33-40)59(45-24-10-5-11-25-45)47-36-37-50-49-26-12-15-30-53(49)58(55(50)39-47,43-20-6-3-7-21-43)44-22-8-4-9-23-44/h3-39H,1-2H3. The van der Waals surface area contributed by atoms with Crippen LogP contribution in [0.15, 0.2) is 224 Å². The molecule has 0 heterocycles. The molecule has 0 aromatic heterocycles. The maximum atomic E-state index is 2.44. The highest BCUT2D eigenvalue weighted by atomic mass is 15.1. The van der Waals surface area contributed by atoms with E-state index in [-0.39, 0.29) is 5.41 Å². The number of benzene rings is 9. The number of hydrogen-bond acceptors (Lipinski definition) is 1. The van der Waals surface area contributed by atoms with Gasteiger partial charge in [0.05, 0.1) is 5.41 Å². The van der Waals surface area contributed by atoms with E-state index in [0.717, 1.165) is 17.1 Å². The number of rotatable bonds is 7. The second-order valence-electron chi connectivity index (χ2n) is 16.5. The van der Waals surface area contributed by atoms with Crippen molar-refractivity contribution in [2.45, 2.75) is 24.7 Å². The van der Waals surface area contributed by atoms with Crippen molar-refractivity contribution < 1.29 is 0 Å². The highest BCUT2D eigenvalue weighted by Crippen LogP contribution is 2.57. The van der Waals surface area contributed by atoms with Gasteiger partial charge >= 0.3 is 0 Å². The van der Waals surface area contributed by atoms with Gasteiger partial charge in [-0.05, 0) is 120 Å². The molecule has 0 radical (unpaired) electrons. The van der Waals surface area contributed by atoms with E-state index in [9.17, 15) is 0 Å². The molecule has 1 nitrogen and oxygen atoms in total. The van der Waals surface area contributed by atoms with Gasteiger partial charge < -0.3 is 4.90 Å². The molecule has 0 N–H and O–H groups in total. The van der Waals surface area contributed by atoms with Crippen LogP contribution in [0.4, 0.5) is 17.1 Å². The molecule has 11 rings (SSSR count). The fourth-order valence-electron chi connectivity index (χ4n) is 10.3. The Morgan fingerprint density at radius 1 is 0.305 bits per heavy atom. The number of fused-ring (bicyclic) bond motifs is 6. The SMILES string of the molecule is CC1(C)c2ccccc2-c2c(-c3cccc(-c4ccc(N(c5ccccc5)c5ccc6c(c5)C(c5ccccc5)(c5ccccc5)c5ccccc5-6)cc4)c3)cccc21. The summed E-state index contributed by atoms with van der Waals surface area (Å²) in [5, 5.41) is 0. The summed E-state index contributed by atoms with van der Waals surface area (Å²) in [6, 6.07) is 82.8. The largest absolute Gasteiger partial charge is 0.310 e. The Morgan fingerprint density at radius 3 is 1.53 bits per heavy atom. The van der Waals surface area contributed by atoms with Crippen LogP contribution in [0.1, 0.15) is 47.2 Å². The predicted octanol–water partition coefficient (Wildman–Crippen LogP) is 15.2. The van der Waals surface area contributed by atoms with Crippen LogP contribution < -0.4 is 4.90 Å². The molecule has 2 aliphatic carbocycles. The van der Waals surface area contributed by atoms with E-state index in [4.69, 9.17) is 0 Å². The Bertz CT molecular complexity index is 2960. The van der Waals surface area contributed by atoms with E-state index >= 15 is 0 Å². The molecule has 0 unspecified atom stereocenters. The first-order chi connectivity index (χ1) is 29.0. The summed E-state index contributed by atoms with van der Waals surface area (Å²) in [4.78, 5) is 2.40.